The molecular formula is C22H16N2O4S2. The van der Waals surface area contributed by atoms with Gasteiger partial charge in [-0.1, -0.05) is 30.4 Å². The number of aromatic nitrogens is 1. The first kappa shape index (κ1) is 18.8. The lowest BCUT2D eigenvalue weighted by Gasteiger charge is -2.22. The first-order chi connectivity index (χ1) is 14.6. The average Bonchev–Trinajstić information content (AvgIpc) is 3.54. The van der Waals surface area contributed by atoms with Crippen molar-refractivity contribution in [3.63, 3.8) is 0 Å². The molecule has 1 aliphatic heterocycles. The molecule has 150 valence electrons. The summed E-state index contributed by atoms with van der Waals surface area (Å²) < 4.78 is 6.19. The third-order valence-corrected chi connectivity index (χ3v) is 7.01. The number of aliphatic hydroxyl groups is 1. The van der Waals surface area contributed by atoms with Crippen LogP contribution < -0.4 is 4.90 Å². The van der Waals surface area contributed by atoms with Crippen LogP contribution in [-0.4, -0.2) is 21.8 Å². The van der Waals surface area contributed by atoms with Crippen LogP contribution in [0.1, 0.15) is 34.0 Å². The standard InChI is InChI=1S/C22H16N2O4S2/c1-2-12-7-8-13-16(11-12)30-22(23-13)24-18(15-6-4-10-29-15)17(20(26)21(24)27)19(25)14-5-3-9-28-14/h3-11,18,26H,2H2,1H3/t18-/m0/s1. The number of benzene rings is 1. The highest BCUT2D eigenvalue weighted by molar-refractivity contribution is 7.22. The minimum atomic E-state index is -0.763. The zero-order chi connectivity index (χ0) is 20.8. The number of aryl methyl sites for hydroxylation is 1. The molecule has 1 aliphatic rings. The topological polar surface area (TPSA) is 83.6 Å². The maximum Gasteiger partial charge on any atom is 0.296 e. The van der Waals surface area contributed by atoms with E-state index in [1.807, 2.05) is 29.6 Å². The fourth-order valence-electron chi connectivity index (χ4n) is 3.57. The van der Waals surface area contributed by atoms with Crippen LogP contribution in [0.5, 0.6) is 0 Å². The van der Waals surface area contributed by atoms with Gasteiger partial charge in [-0.25, -0.2) is 4.98 Å². The molecule has 0 saturated carbocycles. The van der Waals surface area contributed by atoms with E-state index in [9.17, 15) is 14.7 Å². The molecule has 0 fully saturated rings. The smallest absolute Gasteiger partial charge is 0.296 e. The Labute approximate surface area is 179 Å². The number of nitrogens with zero attached hydrogens (tertiary/aromatic N) is 2. The van der Waals surface area contributed by atoms with E-state index in [1.165, 1.54) is 45.5 Å². The lowest BCUT2D eigenvalue weighted by atomic mass is 10.0. The van der Waals surface area contributed by atoms with Crippen LogP contribution in [0.15, 0.2) is 69.9 Å². The largest absolute Gasteiger partial charge is 0.503 e. The minimum absolute atomic E-state index is 0.00547. The molecule has 8 heteroatoms. The summed E-state index contributed by atoms with van der Waals surface area (Å²) in [6.45, 7) is 2.08. The van der Waals surface area contributed by atoms with Crippen molar-refractivity contribution in [2.45, 2.75) is 19.4 Å². The van der Waals surface area contributed by atoms with E-state index in [2.05, 4.69) is 18.0 Å². The average molecular weight is 437 g/mol. The second-order valence-corrected chi connectivity index (χ2v) is 8.80. The van der Waals surface area contributed by atoms with Crippen molar-refractivity contribution >= 4 is 49.7 Å². The monoisotopic (exact) mass is 436 g/mol. The second-order valence-electron chi connectivity index (χ2n) is 6.81. The molecule has 4 aromatic rings. The van der Waals surface area contributed by atoms with Gasteiger partial charge in [-0.05, 0) is 47.7 Å². The number of rotatable bonds is 5. The summed E-state index contributed by atoms with van der Waals surface area (Å²) in [5.74, 6) is -1.65. The lowest BCUT2D eigenvalue weighted by molar-refractivity contribution is -0.117. The molecule has 0 saturated heterocycles. The third-order valence-electron chi connectivity index (χ3n) is 5.07. The Morgan fingerprint density at radius 1 is 1.27 bits per heavy atom. The SMILES string of the molecule is CCc1ccc2nc(N3C(=O)C(O)=C(C(=O)c4ccco4)[C@@H]3c3cccs3)sc2c1. The molecule has 6 nitrogen and oxygen atoms in total. The van der Waals surface area contributed by atoms with Crippen molar-refractivity contribution in [1.29, 1.82) is 0 Å². The highest BCUT2D eigenvalue weighted by Gasteiger charge is 2.46. The fourth-order valence-corrected chi connectivity index (χ4v) is 5.45. The van der Waals surface area contributed by atoms with Crippen molar-refractivity contribution in [2.24, 2.45) is 0 Å². The summed E-state index contributed by atoms with van der Waals surface area (Å²) in [4.78, 5) is 33.0. The first-order valence-corrected chi connectivity index (χ1v) is 11.1. The summed E-state index contributed by atoms with van der Waals surface area (Å²) in [6, 6.07) is 12.0. The van der Waals surface area contributed by atoms with Crippen LogP contribution in [0.25, 0.3) is 10.2 Å². The van der Waals surface area contributed by atoms with E-state index in [4.69, 9.17) is 4.42 Å². The van der Waals surface area contributed by atoms with Gasteiger partial charge in [0.05, 0.1) is 22.1 Å². The molecular weight excluding hydrogens is 420 g/mol. The number of hydrogen-bond acceptors (Lipinski definition) is 7. The molecule has 1 atom stereocenters. The number of aliphatic hydroxyl groups excluding tert-OH is 1. The van der Waals surface area contributed by atoms with Crippen LogP contribution in [0.3, 0.4) is 0 Å². The highest BCUT2D eigenvalue weighted by atomic mass is 32.1. The lowest BCUT2D eigenvalue weighted by Crippen LogP contribution is -2.30. The van der Waals surface area contributed by atoms with Crippen molar-refractivity contribution < 1.29 is 19.1 Å². The molecule has 0 spiro atoms. The van der Waals surface area contributed by atoms with Gasteiger partial charge in [0.15, 0.2) is 16.7 Å². The molecule has 30 heavy (non-hydrogen) atoms. The molecule has 1 N–H and O–H groups in total. The van der Waals surface area contributed by atoms with Crippen molar-refractivity contribution in [3.05, 3.63) is 81.6 Å². The number of amides is 1. The Morgan fingerprint density at radius 2 is 2.13 bits per heavy atom. The normalized spacial score (nSPS) is 16.8. The van der Waals surface area contributed by atoms with Gasteiger partial charge in [-0.3, -0.25) is 14.5 Å². The predicted molar refractivity (Wildman–Crippen MR) is 116 cm³/mol. The zero-order valence-electron chi connectivity index (χ0n) is 15.9. The Balaban J connectivity index is 1.65. The van der Waals surface area contributed by atoms with E-state index in [0.717, 1.165) is 21.5 Å². The summed E-state index contributed by atoms with van der Waals surface area (Å²) in [5, 5.41) is 13.0. The van der Waals surface area contributed by atoms with Gasteiger partial charge in [-0.15, -0.1) is 11.3 Å². The van der Waals surface area contributed by atoms with Gasteiger partial charge in [0, 0.05) is 4.88 Å². The number of fused-ring (bicyclic) bond motifs is 1. The summed E-state index contributed by atoms with van der Waals surface area (Å²) >= 11 is 2.78. The number of hydrogen-bond donors (Lipinski definition) is 1. The number of carbonyl (C=O) groups is 2. The Hall–Kier alpha value is -3.23. The number of ketones is 1. The quantitative estimate of drug-likeness (QED) is 0.430. The molecule has 1 amide bonds. The number of anilines is 1. The van der Waals surface area contributed by atoms with E-state index >= 15 is 0 Å². The Bertz CT molecular complexity index is 1290. The molecule has 5 rings (SSSR count). The third kappa shape index (κ3) is 2.88. The first-order valence-electron chi connectivity index (χ1n) is 9.36. The van der Waals surface area contributed by atoms with Crippen LogP contribution in [0.4, 0.5) is 5.13 Å². The Kier molecular flexibility index (Phi) is 4.52. The number of thiazole rings is 1. The number of carbonyl (C=O) groups excluding carboxylic acids is 2. The molecule has 0 aliphatic carbocycles. The molecule has 0 unspecified atom stereocenters. The van der Waals surface area contributed by atoms with Crippen molar-refractivity contribution in [2.75, 3.05) is 4.90 Å². The molecule has 0 radical (unpaired) electrons. The highest BCUT2D eigenvalue weighted by Crippen LogP contribution is 2.45. The molecule has 1 aromatic carbocycles. The number of furan rings is 1. The van der Waals surface area contributed by atoms with Crippen LogP contribution in [0.2, 0.25) is 0 Å². The van der Waals surface area contributed by atoms with Gasteiger partial charge in [0.1, 0.15) is 6.04 Å². The molecule has 4 heterocycles. The summed E-state index contributed by atoms with van der Waals surface area (Å²) in [6.07, 6.45) is 2.28. The number of thiophene rings is 1. The zero-order valence-corrected chi connectivity index (χ0v) is 17.5. The van der Waals surface area contributed by atoms with E-state index in [0.29, 0.717) is 5.13 Å². The van der Waals surface area contributed by atoms with Crippen LogP contribution in [-0.2, 0) is 11.2 Å². The maximum atomic E-state index is 13.1. The predicted octanol–water partition coefficient (Wildman–Crippen LogP) is 5.30. The van der Waals surface area contributed by atoms with Crippen LogP contribution >= 0.6 is 22.7 Å². The maximum absolute atomic E-state index is 13.1. The van der Waals surface area contributed by atoms with Gasteiger partial charge >= 0.3 is 0 Å². The van der Waals surface area contributed by atoms with E-state index < -0.39 is 23.5 Å². The van der Waals surface area contributed by atoms with Crippen molar-refractivity contribution in [3.8, 4) is 0 Å². The number of Topliss-reactive ketones (excluding diaryl/α,β-unsaturated/α-hetero) is 1. The van der Waals surface area contributed by atoms with Crippen LogP contribution in [0, 0.1) is 0 Å². The van der Waals surface area contributed by atoms with Gasteiger partial charge in [-0.2, -0.15) is 0 Å². The molecule has 0 bridgehead atoms. The van der Waals surface area contributed by atoms with Crippen molar-refractivity contribution in [1.82, 2.24) is 4.98 Å². The summed E-state index contributed by atoms with van der Waals surface area (Å²) in [5.41, 5.74) is 1.95. The second kappa shape index (κ2) is 7.23. The van der Waals surface area contributed by atoms with E-state index in [1.54, 1.807) is 6.07 Å². The summed E-state index contributed by atoms with van der Waals surface area (Å²) in [7, 11) is 0. The van der Waals surface area contributed by atoms with Gasteiger partial charge < -0.3 is 9.52 Å². The van der Waals surface area contributed by atoms with Gasteiger partial charge in [0.25, 0.3) is 5.91 Å². The van der Waals surface area contributed by atoms with Gasteiger partial charge in [0.2, 0.25) is 5.78 Å². The minimum Gasteiger partial charge on any atom is -0.503 e. The molecule has 3 aromatic heterocycles. The van der Waals surface area contributed by atoms with E-state index in [-0.39, 0.29) is 11.3 Å². The fraction of sp³-hybridized carbons (Fsp3) is 0.136. The Morgan fingerprint density at radius 3 is 2.83 bits per heavy atom.